The van der Waals surface area contributed by atoms with E-state index >= 15 is 0 Å². The molecule has 25 heavy (non-hydrogen) atoms. The van der Waals surface area contributed by atoms with Crippen molar-refractivity contribution in [3.8, 4) is 0 Å². The third kappa shape index (κ3) is 4.11. The molecule has 0 atom stereocenters. The van der Waals surface area contributed by atoms with Crippen molar-refractivity contribution >= 4 is 33.5 Å². The molecule has 2 aromatic carbocycles. The number of aryl methyl sites for hydroxylation is 1. The van der Waals surface area contributed by atoms with Gasteiger partial charge in [0.2, 0.25) is 10.0 Å². The van der Waals surface area contributed by atoms with Gasteiger partial charge in [0.15, 0.2) is 0 Å². The van der Waals surface area contributed by atoms with Crippen LogP contribution in [0.1, 0.15) is 30.9 Å². The molecule has 0 bridgehead atoms. The van der Waals surface area contributed by atoms with Crippen LogP contribution in [0.3, 0.4) is 0 Å². The maximum atomic E-state index is 12.7. The Morgan fingerprint density at radius 2 is 1.80 bits per heavy atom. The topological polar surface area (TPSA) is 49.7 Å². The van der Waals surface area contributed by atoms with Crippen LogP contribution in [0.2, 0.25) is 5.02 Å². The van der Waals surface area contributed by atoms with Gasteiger partial charge in [-0.15, -0.1) is 0 Å². The molecule has 0 aromatic heterocycles. The van der Waals surface area contributed by atoms with Crippen molar-refractivity contribution in [1.82, 2.24) is 4.31 Å². The molecule has 3 rings (SSSR count). The molecule has 0 radical (unpaired) electrons. The van der Waals surface area contributed by atoms with Crippen molar-refractivity contribution in [1.29, 1.82) is 0 Å². The van der Waals surface area contributed by atoms with Crippen molar-refractivity contribution in [2.45, 2.75) is 31.1 Å². The summed E-state index contributed by atoms with van der Waals surface area (Å²) < 4.78 is 26.9. The highest BCUT2D eigenvalue weighted by Gasteiger charge is 2.27. The Balaban J connectivity index is 1.87. The van der Waals surface area contributed by atoms with Crippen LogP contribution in [-0.4, -0.2) is 32.0 Å². The second-order valence-electron chi connectivity index (χ2n) is 6.08. The van der Waals surface area contributed by atoms with Crippen LogP contribution in [0.15, 0.2) is 52.4 Å². The van der Waals surface area contributed by atoms with Crippen LogP contribution in [0.4, 0.5) is 5.69 Å². The average molecular weight is 377 g/mol. The van der Waals surface area contributed by atoms with Gasteiger partial charge in [-0.3, -0.25) is 4.99 Å². The number of hydrogen-bond acceptors (Lipinski definition) is 3. The SMILES string of the molecule is CCc1ccc(C=Nc2cc(S(=O)(=O)N3CCCC3)ccc2Cl)cc1. The Labute approximate surface area is 154 Å². The van der Waals surface area contributed by atoms with Gasteiger partial charge in [-0.25, -0.2) is 8.42 Å². The van der Waals surface area contributed by atoms with Crippen LogP contribution in [0.5, 0.6) is 0 Å². The van der Waals surface area contributed by atoms with E-state index in [2.05, 4.69) is 24.0 Å². The zero-order chi connectivity index (χ0) is 17.9. The van der Waals surface area contributed by atoms with Gasteiger partial charge >= 0.3 is 0 Å². The molecule has 4 nitrogen and oxygen atoms in total. The van der Waals surface area contributed by atoms with Crippen LogP contribution >= 0.6 is 11.6 Å². The van der Waals surface area contributed by atoms with E-state index in [1.54, 1.807) is 24.4 Å². The fourth-order valence-corrected chi connectivity index (χ4v) is 4.52. The number of sulfonamides is 1. The first-order chi connectivity index (χ1) is 12.0. The second-order valence-corrected chi connectivity index (χ2v) is 8.42. The minimum absolute atomic E-state index is 0.243. The molecule has 0 amide bonds. The van der Waals surface area contributed by atoms with E-state index in [1.165, 1.54) is 9.87 Å². The fourth-order valence-electron chi connectivity index (χ4n) is 2.81. The number of halogens is 1. The van der Waals surface area contributed by atoms with E-state index in [0.29, 0.717) is 23.8 Å². The lowest BCUT2D eigenvalue weighted by Gasteiger charge is -2.15. The summed E-state index contributed by atoms with van der Waals surface area (Å²) in [6.45, 7) is 3.26. The molecule has 0 spiro atoms. The minimum Gasteiger partial charge on any atom is -0.255 e. The lowest BCUT2D eigenvalue weighted by molar-refractivity contribution is 0.477. The Morgan fingerprint density at radius 1 is 1.12 bits per heavy atom. The molecule has 0 saturated carbocycles. The van der Waals surface area contributed by atoms with E-state index in [4.69, 9.17) is 11.6 Å². The van der Waals surface area contributed by atoms with Gasteiger partial charge in [0, 0.05) is 19.3 Å². The molecular weight excluding hydrogens is 356 g/mol. The quantitative estimate of drug-likeness (QED) is 0.724. The molecule has 132 valence electrons. The predicted molar refractivity (Wildman–Crippen MR) is 103 cm³/mol. The van der Waals surface area contributed by atoms with E-state index in [9.17, 15) is 8.42 Å². The fraction of sp³-hybridized carbons (Fsp3) is 0.316. The molecule has 1 aliphatic heterocycles. The summed E-state index contributed by atoms with van der Waals surface area (Å²) in [6, 6.07) is 12.8. The highest BCUT2D eigenvalue weighted by atomic mass is 35.5. The van der Waals surface area contributed by atoms with E-state index < -0.39 is 10.0 Å². The first-order valence-electron chi connectivity index (χ1n) is 8.43. The van der Waals surface area contributed by atoms with E-state index in [0.717, 1.165) is 24.8 Å². The smallest absolute Gasteiger partial charge is 0.243 e. The van der Waals surface area contributed by atoms with E-state index in [-0.39, 0.29) is 4.90 Å². The van der Waals surface area contributed by atoms with Gasteiger partial charge in [0.1, 0.15) is 0 Å². The number of nitrogens with zero attached hydrogens (tertiary/aromatic N) is 2. The highest BCUT2D eigenvalue weighted by Crippen LogP contribution is 2.30. The third-order valence-electron chi connectivity index (χ3n) is 4.36. The number of benzene rings is 2. The lowest BCUT2D eigenvalue weighted by atomic mass is 10.1. The number of rotatable bonds is 5. The highest BCUT2D eigenvalue weighted by molar-refractivity contribution is 7.89. The monoisotopic (exact) mass is 376 g/mol. The van der Waals surface area contributed by atoms with Gasteiger partial charge in [-0.05, 0) is 48.6 Å². The van der Waals surface area contributed by atoms with Gasteiger partial charge in [-0.2, -0.15) is 4.31 Å². The molecule has 6 heteroatoms. The summed E-state index contributed by atoms with van der Waals surface area (Å²) in [7, 11) is -3.47. The first-order valence-corrected chi connectivity index (χ1v) is 10.3. The molecule has 0 N–H and O–H groups in total. The maximum Gasteiger partial charge on any atom is 0.243 e. The first kappa shape index (κ1) is 18.1. The minimum atomic E-state index is -3.47. The van der Waals surface area contributed by atoms with Crippen molar-refractivity contribution in [3.05, 3.63) is 58.6 Å². The average Bonchev–Trinajstić information content (AvgIpc) is 3.17. The summed E-state index contributed by atoms with van der Waals surface area (Å²) >= 11 is 6.20. The van der Waals surface area contributed by atoms with Crippen molar-refractivity contribution in [2.75, 3.05) is 13.1 Å². The Hall–Kier alpha value is -1.69. The third-order valence-corrected chi connectivity index (χ3v) is 6.58. The second kappa shape index (κ2) is 7.68. The van der Waals surface area contributed by atoms with Crippen LogP contribution < -0.4 is 0 Å². The van der Waals surface area contributed by atoms with Crippen LogP contribution in [0.25, 0.3) is 0 Å². The van der Waals surface area contributed by atoms with Crippen LogP contribution in [0, 0.1) is 0 Å². The molecule has 0 unspecified atom stereocenters. The molecule has 2 aromatic rings. The summed E-state index contributed by atoms with van der Waals surface area (Å²) in [5.74, 6) is 0. The molecule has 0 aliphatic carbocycles. The van der Waals surface area contributed by atoms with Gasteiger partial charge in [0.05, 0.1) is 15.6 Å². The predicted octanol–water partition coefficient (Wildman–Crippen LogP) is 4.44. The van der Waals surface area contributed by atoms with Crippen molar-refractivity contribution < 1.29 is 8.42 Å². The summed E-state index contributed by atoms with van der Waals surface area (Å²) in [4.78, 5) is 4.64. The van der Waals surface area contributed by atoms with Crippen molar-refractivity contribution in [3.63, 3.8) is 0 Å². The zero-order valence-electron chi connectivity index (χ0n) is 14.2. The Kier molecular flexibility index (Phi) is 5.57. The van der Waals surface area contributed by atoms with Crippen molar-refractivity contribution in [2.24, 2.45) is 4.99 Å². The lowest BCUT2D eigenvalue weighted by Crippen LogP contribution is -2.27. The number of hydrogen-bond donors (Lipinski definition) is 0. The summed E-state index contributed by atoms with van der Waals surface area (Å²) in [5, 5.41) is 0.432. The number of aliphatic imine (C=N–C) groups is 1. The van der Waals surface area contributed by atoms with Gasteiger partial charge < -0.3 is 0 Å². The van der Waals surface area contributed by atoms with Gasteiger partial charge in [-0.1, -0.05) is 42.8 Å². The normalized spacial score (nSPS) is 15.9. The molecule has 1 saturated heterocycles. The van der Waals surface area contributed by atoms with E-state index in [1.807, 2.05) is 12.1 Å². The van der Waals surface area contributed by atoms with Gasteiger partial charge in [0.25, 0.3) is 0 Å². The standard InChI is InChI=1S/C19H21ClN2O2S/c1-2-15-5-7-16(8-6-15)14-21-19-13-17(9-10-18(19)20)25(23,24)22-11-3-4-12-22/h5-10,13-14H,2-4,11-12H2,1H3. The molecule has 1 aliphatic rings. The van der Waals surface area contributed by atoms with Crippen LogP contribution in [-0.2, 0) is 16.4 Å². The summed E-state index contributed by atoms with van der Waals surface area (Å²) in [6.07, 6.45) is 4.50. The Bertz CT molecular complexity index is 871. The molecule has 1 fully saturated rings. The largest absolute Gasteiger partial charge is 0.255 e. The maximum absolute atomic E-state index is 12.7. The molecular formula is C19H21ClN2O2S. The zero-order valence-corrected chi connectivity index (χ0v) is 15.7. The molecule has 1 heterocycles. The Morgan fingerprint density at radius 3 is 2.44 bits per heavy atom. The summed E-state index contributed by atoms with van der Waals surface area (Å²) in [5.41, 5.74) is 2.66.